The fourth-order valence-corrected chi connectivity index (χ4v) is 4.13. The number of fused-ring (bicyclic) bond motifs is 1. The van der Waals surface area contributed by atoms with Gasteiger partial charge in [0.05, 0.1) is 10.5 Å². The lowest BCUT2D eigenvalue weighted by Crippen LogP contribution is -4.29. The second-order valence-corrected chi connectivity index (χ2v) is 9.07. The van der Waals surface area contributed by atoms with E-state index in [2.05, 4.69) is 0 Å². The van der Waals surface area contributed by atoms with E-state index in [9.17, 15) is 13.2 Å². The molecule has 4 nitrogen and oxygen atoms in total. The quantitative estimate of drug-likeness (QED) is 0.374. The molecule has 0 fully saturated rings. The van der Waals surface area contributed by atoms with Gasteiger partial charge in [0.25, 0.3) is 0 Å². The van der Waals surface area contributed by atoms with Gasteiger partial charge < -0.3 is 0 Å². The van der Waals surface area contributed by atoms with Crippen LogP contribution in [0.3, 0.4) is 0 Å². The van der Waals surface area contributed by atoms with Crippen LogP contribution in [-0.4, -0.2) is 0 Å². The molecule has 0 aliphatic heterocycles. The van der Waals surface area contributed by atoms with E-state index in [0.29, 0.717) is 16.0 Å². The summed E-state index contributed by atoms with van der Waals surface area (Å²) in [5.74, 6) is 0.243. The number of thiophene rings is 1. The van der Waals surface area contributed by atoms with Crippen molar-refractivity contribution in [3.63, 3.8) is 0 Å². The number of alkyl halides is 3. The van der Waals surface area contributed by atoms with E-state index >= 15 is 0 Å². The molecule has 1 aromatic carbocycles. The second-order valence-electron chi connectivity index (χ2n) is 4.88. The number of hydrogen-bond acceptors (Lipinski definition) is 4. The van der Waals surface area contributed by atoms with E-state index < -0.39 is 36.1 Å². The number of halogens is 4. The third kappa shape index (κ3) is 6.34. The van der Waals surface area contributed by atoms with Crippen molar-refractivity contribution in [1.29, 1.82) is 0 Å². The zero-order valence-corrected chi connectivity index (χ0v) is 14.7. The van der Waals surface area contributed by atoms with Crippen LogP contribution < -0.4 is 33.8 Å². The molecule has 0 aliphatic carbocycles. The van der Waals surface area contributed by atoms with Gasteiger partial charge in [0.15, 0.2) is 9.58 Å². The molecule has 0 saturated carbocycles. The van der Waals surface area contributed by atoms with Gasteiger partial charge in [-0.05, 0) is 18.1 Å². The SMILES string of the molecule is CC(C)Cc1cc2ccccc2[s+]1C(F)(F)F.[O-][I+3]([O-])([O-])[O-]. The van der Waals surface area contributed by atoms with Gasteiger partial charge in [-0.2, -0.15) is 0 Å². The van der Waals surface area contributed by atoms with Crippen molar-refractivity contribution >= 4 is 20.6 Å². The van der Waals surface area contributed by atoms with Gasteiger partial charge >= 0.3 is 5.51 Å². The van der Waals surface area contributed by atoms with Gasteiger partial charge in [0, 0.05) is 17.9 Å². The summed E-state index contributed by atoms with van der Waals surface area (Å²) in [6.07, 6.45) is 0.511. The first-order chi connectivity index (χ1) is 9.89. The monoisotopic (exact) mass is 450 g/mol. The van der Waals surface area contributed by atoms with Crippen molar-refractivity contribution < 1.29 is 47.0 Å². The smallest absolute Gasteiger partial charge is 0.286 e. The maximum atomic E-state index is 13.1. The van der Waals surface area contributed by atoms with Crippen LogP contribution in [0.15, 0.2) is 30.3 Å². The molecule has 2 rings (SSSR count). The van der Waals surface area contributed by atoms with E-state index in [4.69, 9.17) is 13.7 Å². The van der Waals surface area contributed by atoms with Crippen molar-refractivity contribution in [1.82, 2.24) is 0 Å². The lowest BCUT2D eigenvalue weighted by atomic mass is 10.1. The summed E-state index contributed by atoms with van der Waals surface area (Å²) in [5.41, 5.74) is -4.16. The van der Waals surface area contributed by atoms with Crippen LogP contribution in [-0.2, 0) is 11.9 Å². The summed E-state index contributed by atoms with van der Waals surface area (Å²) in [6.45, 7) is 3.89. The third-order valence-corrected chi connectivity index (χ3v) is 4.64. The molecule has 0 N–H and O–H groups in total. The van der Waals surface area contributed by atoms with Crippen molar-refractivity contribution in [2.75, 3.05) is 0 Å². The highest BCUT2D eigenvalue weighted by atomic mass is 127. The highest BCUT2D eigenvalue weighted by Gasteiger charge is 2.47. The summed E-state index contributed by atoms with van der Waals surface area (Å²) in [5, 5.41) is 0.726. The Morgan fingerprint density at radius 2 is 1.59 bits per heavy atom. The molecule has 0 saturated heterocycles. The maximum absolute atomic E-state index is 13.1. The molecule has 1 atom stereocenters. The van der Waals surface area contributed by atoms with Crippen molar-refractivity contribution in [3.8, 4) is 0 Å². The Morgan fingerprint density at radius 3 is 2.05 bits per heavy atom. The third-order valence-electron chi connectivity index (χ3n) is 2.56. The van der Waals surface area contributed by atoms with Crippen LogP contribution >= 0.6 is 10.5 Å². The van der Waals surface area contributed by atoms with Crippen LogP contribution in [0.2, 0.25) is 0 Å². The molecular formula is C13H14F3IO4S. The Morgan fingerprint density at radius 1 is 1.09 bits per heavy atom. The second kappa shape index (κ2) is 7.41. The Bertz CT molecular complexity index is 614. The first-order valence-electron chi connectivity index (χ1n) is 6.12. The number of hydrogen-bond donors (Lipinski definition) is 0. The summed E-state index contributed by atoms with van der Waals surface area (Å²) in [7, 11) is -1.72. The van der Waals surface area contributed by atoms with Gasteiger partial charge in [0.2, 0.25) is 0 Å². The Labute approximate surface area is 134 Å². The average molecular weight is 450 g/mol. The van der Waals surface area contributed by atoms with E-state index in [1.54, 1.807) is 30.3 Å². The normalized spacial score (nSPS) is 13.3. The molecule has 124 valence electrons. The minimum atomic E-state index is -5.94. The van der Waals surface area contributed by atoms with Crippen LogP contribution in [0.4, 0.5) is 13.2 Å². The molecule has 0 amide bonds. The minimum Gasteiger partial charge on any atom is -0.286 e. The average Bonchev–Trinajstić information content (AvgIpc) is 2.62. The van der Waals surface area contributed by atoms with Crippen LogP contribution in [0.5, 0.6) is 0 Å². The molecule has 0 bridgehead atoms. The highest BCUT2D eigenvalue weighted by Crippen LogP contribution is 2.51. The summed E-state index contributed by atoms with van der Waals surface area (Å²) in [4.78, 5) is 0.522. The Hall–Kier alpha value is -0.460. The zero-order valence-electron chi connectivity index (χ0n) is 11.7. The van der Waals surface area contributed by atoms with E-state index in [1.807, 2.05) is 13.8 Å². The number of benzene rings is 1. The first-order valence-corrected chi connectivity index (χ1v) is 10.9. The van der Waals surface area contributed by atoms with E-state index in [-0.39, 0.29) is 5.92 Å². The van der Waals surface area contributed by atoms with Gasteiger partial charge in [-0.1, -0.05) is 26.0 Å². The topological polar surface area (TPSA) is 92.2 Å². The van der Waals surface area contributed by atoms with Gasteiger partial charge in [-0.15, -0.1) is 13.2 Å². The zero-order chi connectivity index (χ0) is 17.1. The summed E-state index contributed by atoms with van der Waals surface area (Å²) in [6, 6.07) is 8.53. The highest BCUT2D eigenvalue weighted by molar-refractivity contribution is 7.38. The lowest BCUT2D eigenvalue weighted by molar-refractivity contribution is -2.00. The van der Waals surface area contributed by atoms with Crippen LogP contribution in [0.25, 0.3) is 10.1 Å². The fourth-order valence-electron chi connectivity index (χ4n) is 1.98. The van der Waals surface area contributed by atoms with Gasteiger partial charge in [-0.3, -0.25) is 13.7 Å². The standard InChI is InChI=1S/C13H14F3S.IO4/c1-9(2)7-11-8-10-5-3-4-6-12(10)17(11)13(14,15)16;2-1(3,4)5/h3-6,8-9H,7H2,1-2H3;/q+1;-1. The maximum Gasteiger partial charge on any atom is 0.600 e. The minimum absolute atomic E-state index is 0.243. The first kappa shape index (κ1) is 19.6. The predicted octanol–water partition coefficient (Wildman–Crippen LogP) is -2.49. The number of rotatable bonds is 2. The van der Waals surface area contributed by atoms with Gasteiger partial charge in [-0.25, -0.2) is 0 Å². The van der Waals surface area contributed by atoms with Crippen LogP contribution in [0, 0.1) is 5.92 Å². The van der Waals surface area contributed by atoms with Crippen molar-refractivity contribution in [2.45, 2.75) is 25.8 Å². The molecule has 0 radical (unpaired) electrons. The summed E-state index contributed by atoms with van der Waals surface area (Å²) >= 11 is -5.94. The molecule has 1 aromatic heterocycles. The molecule has 2 aromatic rings. The molecule has 22 heavy (non-hydrogen) atoms. The van der Waals surface area contributed by atoms with Crippen molar-refractivity contribution in [2.24, 2.45) is 5.92 Å². The predicted molar refractivity (Wildman–Crippen MR) is 66.3 cm³/mol. The van der Waals surface area contributed by atoms with Gasteiger partial charge in [0.1, 0.15) is 20.1 Å². The van der Waals surface area contributed by atoms with Crippen LogP contribution in [0.1, 0.15) is 18.7 Å². The van der Waals surface area contributed by atoms with E-state index in [0.717, 1.165) is 5.39 Å². The largest absolute Gasteiger partial charge is 0.600 e. The Kier molecular flexibility index (Phi) is 6.59. The molecule has 1 unspecified atom stereocenters. The van der Waals surface area contributed by atoms with Crippen molar-refractivity contribution in [3.05, 3.63) is 35.2 Å². The Balaban J connectivity index is 0.000000422. The fraction of sp³-hybridized carbons (Fsp3) is 0.385. The van der Waals surface area contributed by atoms with E-state index in [1.165, 1.54) is 0 Å². The molecule has 0 spiro atoms. The lowest BCUT2D eigenvalue weighted by Gasteiger charge is -2.08. The molecule has 1 heterocycles. The molecule has 9 heteroatoms. The molecular weight excluding hydrogens is 436 g/mol. The summed E-state index contributed by atoms with van der Waals surface area (Å²) < 4.78 is 74.2. The molecule has 0 aliphatic rings.